The Labute approximate surface area is 143 Å². The fraction of sp³-hybridized carbons (Fsp3) is 0.294. The molecule has 0 radical (unpaired) electrons. The first-order chi connectivity index (χ1) is 10.6. The summed E-state index contributed by atoms with van der Waals surface area (Å²) >= 11 is 9.27. The van der Waals surface area contributed by atoms with Crippen molar-refractivity contribution in [3.63, 3.8) is 0 Å². The van der Waals surface area contributed by atoms with Crippen LogP contribution in [0.3, 0.4) is 0 Å². The minimum Gasteiger partial charge on any atom is -0.351 e. The Hall–Kier alpha value is -1.39. The van der Waals surface area contributed by atoms with Gasteiger partial charge in [0.1, 0.15) is 5.15 Å². The molecule has 22 heavy (non-hydrogen) atoms. The second-order valence-corrected chi connectivity index (χ2v) is 7.00. The van der Waals surface area contributed by atoms with Crippen molar-refractivity contribution < 1.29 is 4.79 Å². The minimum absolute atomic E-state index is 0.0549. The number of nitrogens with zero attached hydrogens (tertiary/aromatic N) is 1. The molecule has 1 aromatic carbocycles. The van der Waals surface area contributed by atoms with Crippen molar-refractivity contribution >= 4 is 33.4 Å². The lowest BCUT2D eigenvalue weighted by Crippen LogP contribution is -2.45. The molecule has 1 aromatic heterocycles. The molecule has 3 nitrogen and oxygen atoms in total. The van der Waals surface area contributed by atoms with Gasteiger partial charge in [-0.3, -0.25) is 4.79 Å². The Morgan fingerprint density at radius 3 is 2.73 bits per heavy atom. The van der Waals surface area contributed by atoms with E-state index in [2.05, 4.69) is 38.4 Å². The molecule has 1 N–H and O–H groups in total. The predicted molar refractivity (Wildman–Crippen MR) is 91.3 cm³/mol. The summed E-state index contributed by atoms with van der Waals surface area (Å²) in [6, 6.07) is 11.7. The molecule has 0 unspecified atom stereocenters. The van der Waals surface area contributed by atoms with Crippen molar-refractivity contribution in [1.82, 2.24) is 10.3 Å². The number of amides is 1. The summed E-state index contributed by atoms with van der Waals surface area (Å²) in [7, 11) is 0. The van der Waals surface area contributed by atoms with Gasteiger partial charge in [0.25, 0.3) is 5.91 Å². The molecule has 114 valence electrons. The molecule has 1 saturated carbocycles. The number of nitrogens with one attached hydrogen (secondary N) is 1. The molecule has 1 aliphatic carbocycles. The van der Waals surface area contributed by atoms with Crippen LogP contribution in [0.2, 0.25) is 5.15 Å². The Morgan fingerprint density at radius 1 is 1.32 bits per heavy atom. The highest BCUT2D eigenvalue weighted by atomic mass is 79.9. The van der Waals surface area contributed by atoms with Gasteiger partial charge in [0.15, 0.2) is 0 Å². The van der Waals surface area contributed by atoms with E-state index in [-0.39, 0.29) is 11.3 Å². The first-order valence-corrected chi connectivity index (χ1v) is 8.42. The molecule has 0 saturated heterocycles. The normalized spacial score (nSPS) is 15.9. The number of hydrogen-bond donors (Lipinski definition) is 1. The molecule has 1 fully saturated rings. The summed E-state index contributed by atoms with van der Waals surface area (Å²) < 4.78 is 1.07. The van der Waals surface area contributed by atoms with Gasteiger partial charge in [-0.2, -0.15) is 0 Å². The molecule has 1 amide bonds. The van der Waals surface area contributed by atoms with Crippen LogP contribution in [-0.4, -0.2) is 17.4 Å². The smallest absolute Gasteiger partial charge is 0.252 e. The Morgan fingerprint density at radius 2 is 2.14 bits per heavy atom. The van der Waals surface area contributed by atoms with E-state index in [0.29, 0.717) is 17.3 Å². The first kappa shape index (κ1) is 15.5. The van der Waals surface area contributed by atoms with Crippen molar-refractivity contribution in [3.8, 4) is 0 Å². The molecular weight excluding hydrogens is 364 g/mol. The second kappa shape index (κ2) is 6.39. The van der Waals surface area contributed by atoms with Crippen LogP contribution in [0.4, 0.5) is 0 Å². The summed E-state index contributed by atoms with van der Waals surface area (Å²) in [5.74, 6) is -0.106. The van der Waals surface area contributed by atoms with E-state index in [1.54, 1.807) is 12.1 Å². The lowest BCUT2D eigenvalue weighted by atomic mass is 9.64. The molecule has 3 rings (SSSR count). The molecule has 2 aromatic rings. The summed E-state index contributed by atoms with van der Waals surface area (Å²) in [6.07, 6.45) is 4.90. The molecule has 0 atom stereocenters. The minimum atomic E-state index is -0.106. The monoisotopic (exact) mass is 378 g/mol. The van der Waals surface area contributed by atoms with Gasteiger partial charge in [-0.15, -0.1) is 0 Å². The average molecular weight is 380 g/mol. The number of hydrogen-bond acceptors (Lipinski definition) is 2. The van der Waals surface area contributed by atoms with Gasteiger partial charge in [0, 0.05) is 22.6 Å². The van der Waals surface area contributed by atoms with Crippen molar-refractivity contribution in [2.75, 3.05) is 6.54 Å². The Balaban J connectivity index is 1.71. The highest BCUT2D eigenvalue weighted by Crippen LogP contribution is 2.43. The van der Waals surface area contributed by atoms with Crippen molar-refractivity contribution in [1.29, 1.82) is 0 Å². The summed E-state index contributed by atoms with van der Waals surface area (Å²) in [5.41, 5.74) is 1.87. The van der Waals surface area contributed by atoms with Gasteiger partial charge in [-0.05, 0) is 42.7 Å². The molecule has 5 heteroatoms. The number of rotatable bonds is 4. The zero-order valence-electron chi connectivity index (χ0n) is 12.0. The van der Waals surface area contributed by atoms with E-state index < -0.39 is 0 Å². The van der Waals surface area contributed by atoms with E-state index in [9.17, 15) is 4.79 Å². The molecule has 0 spiro atoms. The standard InChI is InChI=1S/C17H16BrClN2O/c18-14-4-1-3-13(9-14)17(7-2-8-17)11-21-16(22)12-5-6-15(19)20-10-12/h1,3-6,9-10H,2,7-8,11H2,(H,21,22). The van der Waals surface area contributed by atoms with Crippen LogP contribution in [0.25, 0.3) is 0 Å². The maximum atomic E-state index is 12.2. The Bertz CT molecular complexity index is 683. The molecule has 1 heterocycles. The van der Waals surface area contributed by atoms with Crippen LogP contribution in [-0.2, 0) is 5.41 Å². The number of carbonyl (C=O) groups excluding carboxylic acids is 1. The van der Waals surface area contributed by atoms with E-state index >= 15 is 0 Å². The average Bonchev–Trinajstić information content (AvgIpc) is 2.47. The van der Waals surface area contributed by atoms with Crippen LogP contribution in [0.1, 0.15) is 35.2 Å². The first-order valence-electron chi connectivity index (χ1n) is 7.25. The number of aromatic nitrogens is 1. The third-order valence-electron chi connectivity index (χ3n) is 4.32. The molecule has 0 bridgehead atoms. The van der Waals surface area contributed by atoms with Gasteiger partial charge < -0.3 is 5.32 Å². The summed E-state index contributed by atoms with van der Waals surface area (Å²) in [6.45, 7) is 0.644. The lowest BCUT2D eigenvalue weighted by molar-refractivity contribution is 0.0927. The van der Waals surface area contributed by atoms with Gasteiger partial charge in [-0.25, -0.2) is 4.98 Å². The van der Waals surface area contributed by atoms with Crippen molar-refractivity contribution in [2.24, 2.45) is 0 Å². The zero-order chi connectivity index (χ0) is 15.6. The molecule has 0 aliphatic heterocycles. The van der Waals surface area contributed by atoms with Crippen LogP contribution >= 0.6 is 27.5 Å². The van der Waals surface area contributed by atoms with Crippen molar-refractivity contribution in [2.45, 2.75) is 24.7 Å². The molecular formula is C17H16BrClN2O. The van der Waals surface area contributed by atoms with Gasteiger partial charge in [0.2, 0.25) is 0 Å². The predicted octanol–water partition coefficient (Wildman–Crippen LogP) is 4.35. The van der Waals surface area contributed by atoms with Gasteiger partial charge >= 0.3 is 0 Å². The van der Waals surface area contributed by atoms with Crippen LogP contribution in [0.5, 0.6) is 0 Å². The molecule has 1 aliphatic rings. The largest absolute Gasteiger partial charge is 0.351 e. The van der Waals surface area contributed by atoms with Gasteiger partial charge in [-0.1, -0.05) is 46.1 Å². The fourth-order valence-corrected chi connectivity index (χ4v) is 3.36. The zero-order valence-corrected chi connectivity index (χ0v) is 14.3. The van der Waals surface area contributed by atoms with Crippen LogP contribution in [0, 0.1) is 0 Å². The number of carbonyl (C=O) groups is 1. The lowest BCUT2D eigenvalue weighted by Gasteiger charge is -2.42. The summed E-state index contributed by atoms with van der Waals surface area (Å²) in [4.78, 5) is 16.2. The van der Waals surface area contributed by atoms with E-state index in [1.807, 2.05) is 12.1 Å². The van der Waals surface area contributed by atoms with E-state index in [1.165, 1.54) is 18.2 Å². The third-order valence-corrected chi connectivity index (χ3v) is 5.04. The number of benzene rings is 1. The van der Waals surface area contributed by atoms with Crippen LogP contribution in [0.15, 0.2) is 47.1 Å². The topological polar surface area (TPSA) is 42.0 Å². The quantitative estimate of drug-likeness (QED) is 0.803. The third kappa shape index (κ3) is 3.18. The van der Waals surface area contributed by atoms with E-state index in [0.717, 1.165) is 17.3 Å². The number of pyridine rings is 1. The fourth-order valence-electron chi connectivity index (χ4n) is 2.85. The van der Waals surface area contributed by atoms with Crippen molar-refractivity contribution in [3.05, 3.63) is 63.3 Å². The highest BCUT2D eigenvalue weighted by Gasteiger charge is 2.38. The summed E-state index contributed by atoms with van der Waals surface area (Å²) in [5, 5.41) is 3.43. The number of halogens is 2. The highest BCUT2D eigenvalue weighted by molar-refractivity contribution is 9.10. The SMILES string of the molecule is O=C(NCC1(c2cccc(Br)c2)CCC1)c1ccc(Cl)nc1. The second-order valence-electron chi connectivity index (χ2n) is 5.70. The van der Waals surface area contributed by atoms with Gasteiger partial charge in [0.05, 0.1) is 5.56 Å². The maximum absolute atomic E-state index is 12.2. The van der Waals surface area contributed by atoms with E-state index in [4.69, 9.17) is 11.6 Å². The van der Waals surface area contributed by atoms with Crippen LogP contribution < -0.4 is 5.32 Å². The maximum Gasteiger partial charge on any atom is 0.252 e. The Kier molecular flexibility index (Phi) is 4.50.